The minimum absolute atomic E-state index is 0.108. The van der Waals surface area contributed by atoms with Gasteiger partial charge in [0.1, 0.15) is 0 Å². The molecule has 1 aliphatic rings. The van der Waals surface area contributed by atoms with Crippen molar-refractivity contribution in [3.63, 3.8) is 0 Å². The third-order valence-electron chi connectivity index (χ3n) is 3.72. The Hall–Kier alpha value is -1.16. The first-order chi connectivity index (χ1) is 9.67. The van der Waals surface area contributed by atoms with Crippen molar-refractivity contribution in [3.8, 4) is 6.07 Å². The molecule has 1 amide bonds. The van der Waals surface area contributed by atoms with E-state index in [1.807, 2.05) is 0 Å². The molecule has 0 atom stereocenters. The summed E-state index contributed by atoms with van der Waals surface area (Å²) in [5, 5.41) is 17.5. The zero-order valence-electron chi connectivity index (χ0n) is 12.4. The lowest BCUT2D eigenvalue weighted by Crippen LogP contribution is -2.35. The van der Waals surface area contributed by atoms with Crippen molar-refractivity contribution in [2.75, 3.05) is 59.5 Å². The Balaban J connectivity index is 2.24. The molecule has 6 heteroatoms. The van der Waals surface area contributed by atoms with E-state index < -0.39 is 0 Å². The lowest BCUT2D eigenvalue weighted by atomic mass is 10.3. The Morgan fingerprint density at radius 2 is 1.90 bits per heavy atom. The van der Waals surface area contributed by atoms with Crippen LogP contribution in [0.25, 0.3) is 0 Å². The largest absolute Gasteiger partial charge is 0.395 e. The molecule has 0 aromatic carbocycles. The predicted octanol–water partition coefficient (Wildman–Crippen LogP) is -0.251. The van der Waals surface area contributed by atoms with Gasteiger partial charge in [0.25, 0.3) is 0 Å². The summed E-state index contributed by atoms with van der Waals surface area (Å²) in [6.07, 6.45) is 1.99. The van der Waals surface area contributed by atoms with Gasteiger partial charge in [-0.1, -0.05) is 0 Å². The van der Waals surface area contributed by atoms with Gasteiger partial charge in [-0.3, -0.25) is 9.69 Å². The van der Waals surface area contributed by atoms with Gasteiger partial charge in [0, 0.05) is 46.2 Å². The molecule has 1 saturated heterocycles. The molecule has 0 aromatic heterocycles. The van der Waals surface area contributed by atoms with Crippen LogP contribution < -0.4 is 0 Å². The summed E-state index contributed by atoms with van der Waals surface area (Å²) in [4.78, 5) is 18.1. The van der Waals surface area contributed by atoms with E-state index in [4.69, 9.17) is 10.4 Å². The van der Waals surface area contributed by atoms with Crippen LogP contribution in [0.4, 0.5) is 0 Å². The molecule has 0 bridgehead atoms. The SMILES string of the molecule is CN(CCC#N)C(=O)CCN1CCCN(CCO)CC1. The van der Waals surface area contributed by atoms with Crippen LogP contribution in [0.3, 0.4) is 0 Å². The Kier molecular flexibility index (Phi) is 8.19. The van der Waals surface area contributed by atoms with E-state index in [9.17, 15) is 4.79 Å². The van der Waals surface area contributed by atoms with Crippen molar-refractivity contribution in [1.82, 2.24) is 14.7 Å². The molecular formula is C14H26N4O2. The highest BCUT2D eigenvalue weighted by Gasteiger charge is 2.16. The van der Waals surface area contributed by atoms with E-state index in [0.717, 1.165) is 45.7 Å². The molecular weight excluding hydrogens is 256 g/mol. The standard InChI is InChI=1S/C14H26N4O2/c1-16(6-2-5-15)14(20)4-9-17-7-3-8-18(11-10-17)12-13-19/h19H,2-4,6-13H2,1H3. The van der Waals surface area contributed by atoms with Gasteiger partial charge >= 0.3 is 0 Å². The number of rotatable bonds is 7. The number of amides is 1. The first-order valence-electron chi connectivity index (χ1n) is 7.34. The Morgan fingerprint density at radius 1 is 1.25 bits per heavy atom. The van der Waals surface area contributed by atoms with Crippen LogP contribution in [0.15, 0.2) is 0 Å². The molecule has 0 unspecified atom stereocenters. The quantitative estimate of drug-likeness (QED) is 0.697. The van der Waals surface area contributed by atoms with E-state index in [-0.39, 0.29) is 12.5 Å². The molecule has 1 aliphatic heterocycles. The molecule has 0 radical (unpaired) electrons. The maximum absolute atomic E-state index is 11.9. The Bertz CT molecular complexity index is 330. The fourth-order valence-electron chi connectivity index (χ4n) is 2.40. The normalized spacial score (nSPS) is 17.4. The van der Waals surface area contributed by atoms with E-state index >= 15 is 0 Å². The number of nitriles is 1. The third-order valence-corrected chi connectivity index (χ3v) is 3.72. The summed E-state index contributed by atoms with van der Waals surface area (Å²) < 4.78 is 0. The summed E-state index contributed by atoms with van der Waals surface area (Å²) in [5.41, 5.74) is 0. The van der Waals surface area contributed by atoms with Gasteiger partial charge in [0.2, 0.25) is 5.91 Å². The molecule has 1 N–H and O–H groups in total. The van der Waals surface area contributed by atoms with Gasteiger partial charge in [0.05, 0.1) is 19.1 Å². The van der Waals surface area contributed by atoms with Crippen molar-refractivity contribution in [3.05, 3.63) is 0 Å². The van der Waals surface area contributed by atoms with Crippen LogP contribution in [0.5, 0.6) is 0 Å². The zero-order valence-corrected chi connectivity index (χ0v) is 12.4. The summed E-state index contributed by atoms with van der Waals surface area (Å²) >= 11 is 0. The van der Waals surface area contributed by atoms with Crippen LogP contribution in [-0.2, 0) is 4.79 Å². The van der Waals surface area contributed by atoms with Crippen LogP contribution >= 0.6 is 0 Å². The number of hydrogen-bond acceptors (Lipinski definition) is 5. The highest BCUT2D eigenvalue weighted by atomic mass is 16.3. The second kappa shape index (κ2) is 9.70. The highest BCUT2D eigenvalue weighted by Crippen LogP contribution is 2.04. The second-order valence-electron chi connectivity index (χ2n) is 5.23. The first-order valence-corrected chi connectivity index (χ1v) is 7.34. The lowest BCUT2D eigenvalue weighted by Gasteiger charge is -2.22. The van der Waals surface area contributed by atoms with Crippen molar-refractivity contribution in [2.45, 2.75) is 19.3 Å². The summed E-state index contributed by atoms with van der Waals surface area (Å²) in [7, 11) is 1.76. The van der Waals surface area contributed by atoms with E-state index in [1.165, 1.54) is 0 Å². The molecule has 1 heterocycles. The van der Waals surface area contributed by atoms with Gasteiger partial charge in [-0.25, -0.2) is 0 Å². The Labute approximate surface area is 121 Å². The molecule has 1 rings (SSSR count). The first kappa shape index (κ1) is 16.9. The summed E-state index contributed by atoms with van der Waals surface area (Å²) in [6.45, 7) is 6.19. The molecule has 20 heavy (non-hydrogen) atoms. The number of carbonyl (C=O) groups excluding carboxylic acids is 1. The third kappa shape index (κ3) is 6.33. The smallest absolute Gasteiger partial charge is 0.223 e. The van der Waals surface area contributed by atoms with E-state index in [1.54, 1.807) is 11.9 Å². The maximum Gasteiger partial charge on any atom is 0.223 e. The van der Waals surface area contributed by atoms with Crippen molar-refractivity contribution in [2.24, 2.45) is 0 Å². The number of β-amino-alcohol motifs (C(OH)–C–C–N with tert-alkyl or cyclic N) is 1. The fourth-order valence-corrected chi connectivity index (χ4v) is 2.40. The van der Waals surface area contributed by atoms with Crippen LogP contribution in [-0.4, -0.2) is 85.2 Å². The summed E-state index contributed by atoms with van der Waals surface area (Å²) in [6, 6.07) is 2.05. The van der Waals surface area contributed by atoms with Crippen molar-refractivity contribution >= 4 is 5.91 Å². The monoisotopic (exact) mass is 282 g/mol. The van der Waals surface area contributed by atoms with Crippen LogP contribution in [0, 0.1) is 11.3 Å². The van der Waals surface area contributed by atoms with Gasteiger partial charge in [-0.2, -0.15) is 5.26 Å². The molecule has 0 spiro atoms. The predicted molar refractivity (Wildman–Crippen MR) is 77.1 cm³/mol. The topological polar surface area (TPSA) is 70.8 Å². The van der Waals surface area contributed by atoms with Gasteiger partial charge < -0.3 is 14.9 Å². The van der Waals surface area contributed by atoms with Crippen molar-refractivity contribution in [1.29, 1.82) is 5.26 Å². The highest BCUT2D eigenvalue weighted by molar-refractivity contribution is 5.76. The van der Waals surface area contributed by atoms with Crippen molar-refractivity contribution < 1.29 is 9.90 Å². The zero-order chi connectivity index (χ0) is 14.8. The average Bonchev–Trinajstić information content (AvgIpc) is 2.68. The molecule has 1 fully saturated rings. The molecule has 6 nitrogen and oxygen atoms in total. The fraction of sp³-hybridized carbons (Fsp3) is 0.857. The van der Waals surface area contributed by atoms with Crippen LogP contribution in [0.2, 0.25) is 0 Å². The Morgan fingerprint density at radius 3 is 2.50 bits per heavy atom. The van der Waals surface area contributed by atoms with Gasteiger partial charge in [-0.05, 0) is 19.5 Å². The number of carbonyl (C=O) groups is 1. The second-order valence-corrected chi connectivity index (χ2v) is 5.23. The number of hydrogen-bond donors (Lipinski definition) is 1. The summed E-state index contributed by atoms with van der Waals surface area (Å²) in [5.74, 6) is 0.108. The average molecular weight is 282 g/mol. The number of aliphatic hydroxyl groups is 1. The number of aliphatic hydroxyl groups excluding tert-OH is 1. The minimum atomic E-state index is 0.108. The lowest BCUT2D eigenvalue weighted by molar-refractivity contribution is -0.130. The number of nitrogens with zero attached hydrogens (tertiary/aromatic N) is 4. The van der Waals surface area contributed by atoms with E-state index in [2.05, 4.69) is 15.9 Å². The van der Waals surface area contributed by atoms with Gasteiger partial charge in [0.15, 0.2) is 0 Å². The van der Waals surface area contributed by atoms with E-state index in [0.29, 0.717) is 19.4 Å². The molecule has 0 saturated carbocycles. The molecule has 114 valence electrons. The minimum Gasteiger partial charge on any atom is -0.395 e. The maximum atomic E-state index is 11.9. The van der Waals surface area contributed by atoms with Crippen LogP contribution in [0.1, 0.15) is 19.3 Å². The molecule has 0 aliphatic carbocycles. The van der Waals surface area contributed by atoms with Gasteiger partial charge in [-0.15, -0.1) is 0 Å². The molecule has 0 aromatic rings.